The summed E-state index contributed by atoms with van der Waals surface area (Å²) in [6.07, 6.45) is 0.719. The molecule has 0 spiro atoms. The zero-order valence-electron chi connectivity index (χ0n) is 11.7. The predicted molar refractivity (Wildman–Crippen MR) is 75.8 cm³/mol. The summed E-state index contributed by atoms with van der Waals surface area (Å²) in [5.41, 5.74) is 0.0462. The van der Waals surface area contributed by atoms with E-state index in [1.807, 2.05) is 0 Å². The van der Waals surface area contributed by atoms with Crippen molar-refractivity contribution < 1.29 is 18.8 Å². The third kappa shape index (κ3) is 4.29. The van der Waals surface area contributed by atoms with Gasteiger partial charge >= 0.3 is 5.97 Å². The Labute approximate surface area is 125 Å². The Morgan fingerprint density at radius 2 is 2.24 bits per heavy atom. The highest BCUT2D eigenvalue weighted by Crippen LogP contribution is 2.26. The molecule has 0 amide bonds. The van der Waals surface area contributed by atoms with Crippen molar-refractivity contribution in [2.24, 2.45) is 5.92 Å². The van der Waals surface area contributed by atoms with Crippen LogP contribution in [0.2, 0.25) is 0 Å². The summed E-state index contributed by atoms with van der Waals surface area (Å²) in [5, 5.41) is 12.7. The van der Waals surface area contributed by atoms with Gasteiger partial charge in [-0.2, -0.15) is 4.98 Å². The molecule has 7 heteroatoms. The van der Waals surface area contributed by atoms with Crippen molar-refractivity contribution in [2.75, 3.05) is 0 Å². The smallest absolute Gasteiger partial charge is 0.335 e. The molecule has 2 rings (SSSR count). The number of carboxylic acid groups (broad SMARTS) is 1. The van der Waals surface area contributed by atoms with Gasteiger partial charge in [0.25, 0.3) is 0 Å². The maximum atomic E-state index is 13.6. The SMILES string of the molecule is CC(C)Cc1noc(CSc2cc(C(=O)O)ccc2F)n1. The molecule has 1 N–H and O–H groups in total. The molecule has 1 aromatic carbocycles. The van der Waals surface area contributed by atoms with Crippen LogP contribution in [0.5, 0.6) is 0 Å². The molecule has 2 aromatic rings. The van der Waals surface area contributed by atoms with Gasteiger partial charge in [0.05, 0.1) is 11.3 Å². The van der Waals surface area contributed by atoms with E-state index in [0.29, 0.717) is 23.4 Å². The van der Waals surface area contributed by atoms with Crippen LogP contribution in [0.1, 0.15) is 35.9 Å². The van der Waals surface area contributed by atoms with Gasteiger partial charge in [0.15, 0.2) is 5.82 Å². The number of rotatable bonds is 6. The van der Waals surface area contributed by atoms with Crippen LogP contribution < -0.4 is 0 Å². The first kappa shape index (κ1) is 15.5. The van der Waals surface area contributed by atoms with Gasteiger partial charge in [0.1, 0.15) is 5.82 Å². The Balaban J connectivity index is 2.04. The highest BCUT2D eigenvalue weighted by Gasteiger charge is 2.12. The second kappa shape index (κ2) is 6.71. The van der Waals surface area contributed by atoms with Crippen LogP contribution >= 0.6 is 11.8 Å². The van der Waals surface area contributed by atoms with Crippen LogP contribution in [-0.4, -0.2) is 21.2 Å². The van der Waals surface area contributed by atoms with Crippen molar-refractivity contribution in [2.45, 2.75) is 30.9 Å². The Morgan fingerprint density at radius 3 is 2.90 bits per heavy atom. The second-order valence-electron chi connectivity index (χ2n) is 4.94. The average molecular weight is 310 g/mol. The van der Waals surface area contributed by atoms with Gasteiger partial charge in [-0.3, -0.25) is 0 Å². The quantitative estimate of drug-likeness (QED) is 0.824. The molecule has 0 saturated heterocycles. The number of nitrogens with zero attached hydrogens (tertiary/aromatic N) is 2. The number of thioether (sulfide) groups is 1. The van der Waals surface area contributed by atoms with E-state index in [0.717, 1.165) is 24.2 Å². The first-order valence-electron chi connectivity index (χ1n) is 6.43. The summed E-state index contributed by atoms with van der Waals surface area (Å²) >= 11 is 1.13. The lowest BCUT2D eigenvalue weighted by atomic mass is 10.1. The van der Waals surface area contributed by atoms with Crippen LogP contribution in [0.4, 0.5) is 4.39 Å². The zero-order valence-corrected chi connectivity index (χ0v) is 12.5. The number of aromatic carboxylic acids is 1. The molecule has 0 bridgehead atoms. The molecule has 0 saturated carbocycles. The number of hydrogen-bond donors (Lipinski definition) is 1. The van der Waals surface area contributed by atoms with E-state index in [4.69, 9.17) is 9.63 Å². The van der Waals surface area contributed by atoms with Crippen molar-refractivity contribution in [1.29, 1.82) is 0 Å². The van der Waals surface area contributed by atoms with Crippen LogP contribution in [0.3, 0.4) is 0 Å². The number of aromatic nitrogens is 2. The summed E-state index contributed by atoms with van der Waals surface area (Å²) in [7, 11) is 0. The summed E-state index contributed by atoms with van der Waals surface area (Å²) in [4.78, 5) is 15.3. The molecule has 1 heterocycles. The summed E-state index contributed by atoms with van der Waals surface area (Å²) < 4.78 is 18.7. The van der Waals surface area contributed by atoms with Crippen molar-refractivity contribution in [3.05, 3.63) is 41.3 Å². The molecule has 0 aliphatic heterocycles. The van der Waals surface area contributed by atoms with E-state index in [-0.39, 0.29) is 10.5 Å². The fraction of sp³-hybridized carbons (Fsp3) is 0.357. The van der Waals surface area contributed by atoms with E-state index in [1.165, 1.54) is 12.1 Å². The summed E-state index contributed by atoms with van der Waals surface area (Å²) in [6, 6.07) is 3.67. The molecule has 1 aromatic heterocycles. The molecule has 0 atom stereocenters. The van der Waals surface area contributed by atoms with E-state index in [1.54, 1.807) is 0 Å². The fourth-order valence-corrected chi connectivity index (χ4v) is 2.50. The molecule has 0 aliphatic rings. The maximum Gasteiger partial charge on any atom is 0.335 e. The minimum absolute atomic E-state index is 0.0462. The van der Waals surface area contributed by atoms with Crippen LogP contribution in [0, 0.1) is 11.7 Å². The number of carbonyl (C=O) groups is 1. The normalized spacial score (nSPS) is 11.0. The molecule has 21 heavy (non-hydrogen) atoms. The van der Waals surface area contributed by atoms with Gasteiger partial charge in [-0.15, -0.1) is 11.8 Å². The minimum Gasteiger partial charge on any atom is -0.478 e. The van der Waals surface area contributed by atoms with Gasteiger partial charge in [0, 0.05) is 11.3 Å². The highest BCUT2D eigenvalue weighted by molar-refractivity contribution is 7.98. The van der Waals surface area contributed by atoms with Crippen molar-refractivity contribution >= 4 is 17.7 Å². The molecule has 0 unspecified atom stereocenters. The molecule has 0 aliphatic carbocycles. The van der Waals surface area contributed by atoms with E-state index >= 15 is 0 Å². The lowest BCUT2D eigenvalue weighted by Crippen LogP contribution is -1.97. The van der Waals surface area contributed by atoms with E-state index in [2.05, 4.69) is 24.0 Å². The van der Waals surface area contributed by atoms with Gasteiger partial charge in [-0.05, 0) is 24.1 Å². The lowest BCUT2D eigenvalue weighted by molar-refractivity contribution is 0.0696. The first-order valence-corrected chi connectivity index (χ1v) is 7.41. The molecular formula is C14H15FN2O3S. The monoisotopic (exact) mass is 310 g/mol. The average Bonchev–Trinajstić information content (AvgIpc) is 2.84. The number of benzene rings is 1. The molecule has 112 valence electrons. The van der Waals surface area contributed by atoms with Gasteiger partial charge in [0.2, 0.25) is 5.89 Å². The molecule has 5 nitrogen and oxygen atoms in total. The number of halogens is 1. The summed E-state index contributed by atoms with van der Waals surface area (Å²) in [5.74, 6) is 0.190. The third-order valence-corrected chi connectivity index (χ3v) is 3.65. The second-order valence-corrected chi connectivity index (χ2v) is 5.96. The predicted octanol–water partition coefficient (Wildman–Crippen LogP) is 3.40. The molecular weight excluding hydrogens is 295 g/mol. The largest absolute Gasteiger partial charge is 0.478 e. The van der Waals surface area contributed by atoms with Crippen molar-refractivity contribution in [3.63, 3.8) is 0 Å². The number of hydrogen-bond acceptors (Lipinski definition) is 5. The van der Waals surface area contributed by atoms with E-state index < -0.39 is 11.8 Å². The fourth-order valence-electron chi connectivity index (χ4n) is 1.68. The topological polar surface area (TPSA) is 76.2 Å². The Morgan fingerprint density at radius 1 is 1.48 bits per heavy atom. The zero-order chi connectivity index (χ0) is 15.4. The number of carboxylic acids is 1. The van der Waals surface area contributed by atoms with Crippen LogP contribution in [0.25, 0.3) is 0 Å². The van der Waals surface area contributed by atoms with Crippen molar-refractivity contribution in [3.8, 4) is 0 Å². The van der Waals surface area contributed by atoms with Crippen LogP contribution in [0.15, 0.2) is 27.6 Å². The molecule has 0 fully saturated rings. The maximum absolute atomic E-state index is 13.6. The van der Waals surface area contributed by atoms with Crippen LogP contribution in [-0.2, 0) is 12.2 Å². The molecule has 0 radical (unpaired) electrons. The Bertz CT molecular complexity index is 643. The van der Waals surface area contributed by atoms with Crippen molar-refractivity contribution in [1.82, 2.24) is 10.1 Å². The Hall–Kier alpha value is -1.89. The standard InChI is InChI=1S/C14H15FN2O3S/c1-8(2)5-12-16-13(20-17-12)7-21-11-6-9(14(18)19)3-4-10(11)15/h3-4,6,8H,5,7H2,1-2H3,(H,18,19). The summed E-state index contributed by atoms with van der Waals surface area (Å²) in [6.45, 7) is 4.11. The van der Waals surface area contributed by atoms with Gasteiger partial charge in [-0.1, -0.05) is 19.0 Å². The van der Waals surface area contributed by atoms with Gasteiger partial charge in [-0.25, -0.2) is 9.18 Å². The third-order valence-electron chi connectivity index (χ3n) is 2.63. The first-order chi connectivity index (χ1) is 9.95. The highest BCUT2D eigenvalue weighted by atomic mass is 32.2. The van der Waals surface area contributed by atoms with Gasteiger partial charge < -0.3 is 9.63 Å². The minimum atomic E-state index is -1.09. The Kier molecular flexibility index (Phi) is 4.95. The van der Waals surface area contributed by atoms with E-state index in [9.17, 15) is 9.18 Å². The lowest BCUT2D eigenvalue weighted by Gasteiger charge is -2.02.